The molecule has 0 aliphatic carbocycles. The Bertz CT molecular complexity index is 1110. The summed E-state index contributed by atoms with van der Waals surface area (Å²) in [5.41, 5.74) is 5.18. The lowest BCUT2D eigenvalue weighted by Gasteiger charge is -2.50. The highest BCUT2D eigenvalue weighted by Crippen LogP contribution is 2.24. The predicted molar refractivity (Wildman–Crippen MR) is 137 cm³/mol. The van der Waals surface area contributed by atoms with E-state index in [1.807, 2.05) is 0 Å². The van der Waals surface area contributed by atoms with E-state index in [1.165, 1.54) is 22.2 Å². The van der Waals surface area contributed by atoms with Crippen LogP contribution in [0.15, 0.2) is 121 Å². The first-order chi connectivity index (χ1) is 15.8. The number of hydrogen-bond acceptors (Lipinski definition) is 3. The Morgan fingerprint density at radius 3 is 1.62 bits per heavy atom. The first kappa shape index (κ1) is 20.6. The minimum atomic E-state index is 0.135. The molecule has 1 fully saturated rings. The first-order valence-corrected chi connectivity index (χ1v) is 11.2. The number of nitrogens with zero attached hydrogens (tertiary/aromatic N) is 3. The van der Waals surface area contributed by atoms with Crippen LogP contribution in [-0.4, -0.2) is 37.2 Å². The lowest BCUT2D eigenvalue weighted by atomic mass is 9.49. The van der Waals surface area contributed by atoms with Gasteiger partial charge in [0.2, 0.25) is 0 Å². The van der Waals surface area contributed by atoms with Gasteiger partial charge in [-0.25, -0.2) is 0 Å². The molecule has 0 spiro atoms. The lowest BCUT2D eigenvalue weighted by molar-refractivity contribution is 0.399. The van der Waals surface area contributed by atoms with E-state index in [1.54, 1.807) is 0 Å². The fraction of sp³-hybridized carbons (Fsp3) is 0.111. The summed E-state index contributed by atoms with van der Waals surface area (Å²) >= 11 is 0. The summed E-state index contributed by atoms with van der Waals surface area (Å²) in [5, 5.41) is 0. The van der Waals surface area contributed by atoms with Crippen molar-refractivity contribution in [2.24, 2.45) is 0 Å². The van der Waals surface area contributed by atoms with Crippen LogP contribution in [-0.2, 0) is 6.54 Å². The van der Waals surface area contributed by atoms with Gasteiger partial charge in [-0.15, -0.1) is 0 Å². The first-order valence-electron chi connectivity index (χ1n) is 11.2. The van der Waals surface area contributed by atoms with Gasteiger partial charge in [0.25, 0.3) is 0 Å². The van der Waals surface area contributed by atoms with Crippen LogP contribution in [0.2, 0.25) is 0 Å². The van der Waals surface area contributed by atoms with Gasteiger partial charge in [0.05, 0.1) is 6.67 Å². The maximum Gasteiger partial charge on any atom is 0.369 e. The van der Waals surface area contributed by atoms with Crippen LogP contribution in [0.1, 0.15) is 5.56 Å². The van der Waals surface area contributed by atoms with Crippen LogP contribution in [0.4, 0.5) is 5.69 Å². The van der Waals surface area contributed by atoms with Crippen molar-refractivity contribution in [3.8, 4) is 0 Å². The van der Waals surface area contributed by atoms with E-state index < -0.39 is 0 Å². The molecule has 4 aromatic carbocycles. The fourth-order valence-electron chi connectivity index (χ4n) is 4.87. The second-order valence-electron chi connectivity index (χ2n) is 8.41. The molecule has 1 heterocycles. The summed E-state index contributed by atoms with van der Waals surface area (Å²) in [6.45, 7) is 2.02. The molecule has 1 aliphatic rings. The molecule has 0 saturated carbocycles. The summed E-state index contributed by atoms with van der Waals surface area (Å²) in [6, 6.07) is 43.3. The highest BCUT2D eigenvalue weighted by atomic mass is 15.4. The minimum Gasteiger partial charge on any atom is -0.386 e. The van der Waals surface area contributed by atoms with Crippen molar-refractivity contribution in [3.05, 3.63) is 127 Å². The maximum absolute atomic E-state index is 2.57. The summed E-state index contributed by atoms with van der Waals surface area (Å²) in [7, 11) is 2.25. The average molecular weight is 415 g/mol. The molecule has 32 heavy (non-hydrogen) atoms. The molecule has 0 bridgehead atoms. The number of anilines is 1. The van der Waals surface area contributed by atoms with Crippen LogP contribution in [0, 0.1) is 0 Å². The Morgan fingerprint density at radius 2 is 1.06 bits per heavy atom. The van der Waals surface area contributed by atoms with Gasteiger partial charge in [0, 0.05) is 12.2 Å². The van der Waals surface area contributed by atoms with Crippen LogP contribution >= 0.6 is 0 Å². The van der Waals surface area contributed by atoms with Crippen LogP contribution < -0.4 is 15.7 Å². The van der Waals surface area contributed by atoms with Gasteiger partial charge in [-0.2, -0.15) is 0 Å². The van der Waals surface area contributed by atoms with Gasteiger partial charge in [-0.3, -0.25) is 0 Å². The van der Waals surface area contributed by atoms with E-state index in [0.29, 0.717) is 0 Å². The molecule has 156 valence electrons. The Kier molecular flexibility index (Phi) is 6.11. The monoisotopic (exact) mass is 415 g/mol. The predicted octanol–water partition coefficient (Wildman–Crippen LogP) is 3.69. The second kappa shape index (κ2) is 9.47. The molecular weight excluding hydrogens is 388 g/mol. The van der Waals surface area contributed by atoms with E-state index in [2.05, 4.69) is 143 Å². The third-order valence-corrected chi connectivity index (χ3v) is 6.26. The molecule has 5 rings (SSSR count). The molecule has 0 atom stereocenters. The molecule has 5 heteroatoms. The zero-order chi connectivity index (χ0) is 21.8. The summed E-state index contributed by atoms with van der Waals surface area (Å²) in [4.78, 5) is 5.08. The zero-order valence-corrected chi connectivity index (χ0v) is 18.5. The highest BCUT2D eigenvalue weighted by Gasteiger charge is 2.45. The molecule has 0 amide bonds. The summed E-state index contributed by atoms with van der Waals surface area (Å²) in [6.07, 6.45) is 0. The smallest absolute Gasteiger partial charge is 0.369 e. The van der Waals surface area contributed by atoms with Gasteiger partial charge < -0.3 is 14.3 Å². The number of benzene rings is 4. The van der Waals surface area contributed by atoms with E-state index >= 15 is 0 Å². The second-order valence-corrected chi connectivity index (χ2v) is 8.41. The highest BCUT2D eigenvalue weighted by molar-refractivity contribution is 6.87. The average Bonchev–Trinajstić information content (AvgIpc) is 2.86. The Morgan fingerprint density at radius 1 is 0.594 bits per heavy atom. The van der Waals surface area contributed by atoms with Crippen LogP contribution in [0.5, 0.6) is 0 Å². The maximum atomic E-state index is 2.57. The molecule has 0 N–H and O–H groups in total. The SMILES string of the molecule is CN1B(c2ccccc2)N(Cc2ccccc2)CN(c2ccccc2)B1c1ccccc1. The number of hydrogen-bond donors (Lipinski definition) is 0. The van der Waals surface area contributed by atoms with Gasteiger partial charge in [-0.1, -0.05) is 109 Å². The molecular formula is C27H27B2N3. The van der Waals surface area contributed by atoms with Crippen molar-refractivity contribution in [2.45, 2.75) is 6.54 Å². The third kappa shape index (κ3) is 4.22. The summed E-state index contributed by atoms with van der Waals surface area (Å²) in [5.74, 6) is 0. The molecule has 1 saturated heterocycles. The van der Waals surface area contributed by atoms with Gasteiger partial charge in [0.15, 0.2) is 0 Å². The molecule has 1 aliphatic heterocycles. The quantitative estimate of drug-likeness (QED) is 0.461. The van der Waals surface area contributed by atoms with E-state index in [0.717, 1.165) is 13.2 Å². The normalized spacial score (nSPS) is 15.2. The van der Waals surface area contributed by atoms with E-state index in [-0.39, 0.29) is 14.0 Å². The standard InChI is InChI=1S/C27H27B2N3/c1-30-28(25-16-8-3-9-17-25)31(22-24-14-6-2-7-15-24)23-32(27-20-12-5-13-21-27)29(30)26-18-10-4-11-19-26/h2-21H,22-23H2,1H3. The van der Waals surface area contributed by atoms with Crippen molar-refractivity contribution < 1.29 is 0 Å². The van der Waals surface area contributed by atoms with Crippen molar-refractivity contribution in [1.29, 1.82) is 0 Å². The van der Waals surface area contributed by atoms with Gasteiger partial charge in [0.1, 0.15) is 0 Å². The van der Waals surface area contributed by atoms with Crippen molar-refractivity contribution >= 4 is 30.6 Å². The molecule has 3 nitrogen and oxygen atoms in total. The fourth-order valence-corrected chi connectivity index (χ4v) is 4.87. The minimum absolute atomic E-state index is 0.135. The largest absolute Gasteiger partial charge is 0.386 e. The van der Waals surface area contributed by atoms with Gasteiger partial charge in [-0.05, 0) is 35.7 Å². The third-order valence-electron chi connectivity index (χ3n) is 6.26. The van der Waals surface area contributed by atoms with Crippen LogP contribution in [0.25, 0.3) is 0 Å². The van der Waals surface area contributed by atoms with Crippen molar-refractivity contribution in [3.63, 3.8) is 0 Å². The Hall–Kier alpha value is -3.27. The number of para-hydroxylation sites is 1. The van der Waals surface area contributed by atoms with Gasteiger partial charge >= 0.3 is 14.0 Å². The Balaban J connectivity index is 1.60. The molecule has 0 radical (unpaired) electrons. The van der Waals surface area contributed by atoms with Crippen molar-refractivity contribution in [1.82, 2.24) is 9.53 Å². The van der Waals surface area contributed by atoms with E-state index in [4.69, 9.17) is 0 Å². The Labute approximate surface area is 192 Å². The lowest BCUT2D eigenvalue weighted by Crippen LogP contribution is -2.76. The molecule has 0 unspecified atom stereocenters. The van der Waals surface area contributed by atoms with Crippen LogP contribution in [0.3, 0.4) is 0 Å². The van der Waals surface area contributed by atoms with E-state index in [9.17, 15) is 0 Å². The topological polar surface area (TPSA) is 9.72 Å². The summed E-state index contributed by atoms with van der Waals surface area (Å²) < 4.78 is 2.50. The number of rotatable bonds is 5. The zero-order valence-electron chi connectivity index (χ0n) is 18.5. The molecule has 4 aromatic rings. The van der Waals surface area contributed by atoms with Crippen molar-refractivity contribution in [2.75, 3.05) is 18.5 Å². The molecule has 0 aromatic heterocycles.